The van der Waals surface area contributed by atoms with Gasteiger partial charge in [-0.3, -0.25) is 9.59 Å². The summed E-state index contributed by atoms with van der Waals surface area (Å²) in [7, 11) is 0. The molecule has 7 nitrogen and oxygen atoms in total. The highest BCUT2D eigenvalue weighted by atomic mass is 16.5. The summed E-state index contributed by atoms with van der Waals surface area (Å²) in [6.07, 6.45) is 1.54. The van der Waals surface area contributed by atoms with Crippen molar-refractivity contribution < 1.29 is 28.7 Å². The number of aldehydes is 1. The van der Waals surface area contributed by atoms with Crippen LogP contribution in [0.1, 0.15) is 49.9 Å². The van der Waals surface area contributed by atoms with Crippen molar-refractivity contribution in [2.45, 2.75) is 45.6 Å². The number of nitrogens with zero attached hydrogens (tertiary/aromatic N) is 1. The zero-order valence-corrected chi connectivity index (χ0v) is 15.9. The Kier molecular flexibility index (Phi) is 10.4. The van der Waals surface area contributed by atoms with Gasteiger partial charge in [-0.25, -0.2) is 4.79 Å². The molecule has 0 fully saturated rings. The lowest BCUT2D eigenvalue weighted by molar-refractivity contribution is -0.150. The number of ether oxygens (including phenoxy) is 2. The molecule has 0 aliphatic rings. The summed E-state index contributed by atoms with van der Waals surface area (Å²) in [6, 6.07) is 7.64. The molecular formula is C20H27NO6. The predicted molar refractivity (Wildman–Crippen MR) is 99.1 cm³/mol. The largest absolute Gasteiger partial charge is 0.466 e. The van der Waals surface area contributed by atoms with Crippen LogP contribution in [-0.2, 0) is 23.9 Å². The van der Waals surface area contributed by atoms with Gasteiger partial charge >= 0.3 is 11.9 Å². The Morgan fingerprint density at radius 1 is 1.07 bits per heavy atom. The fourth-order valence-corrected chi connectivity index (χ4v) is 2.62. The lowest BCUT2D eigenvalue weighted by Gasteiger charge is -2.30. The Balaban J connectivity index is 3.06. The summed E-state index contributed by atoms with van der Waals surface area (Å²) >= 11 is 0. The van der Waals surface area contributed by atoms with E-state index in [0.29, 0.717) is 12.0 Å². The van der Waals surface area contributed by atoms with E-state index in [0.717, 1.165) is 6.29 Å². The first-order valence-electron chi connectivity index (χ1n) is 9.17. The van der Waals surface area contributed by atoms with Gasteiger partial charge in [-0.05, 0) is 38.8 Å². The fourth-order valence-electron chi connectivity index (χ4n) is 2.62. The maximum atomic E-state index is 13.0. The van der Waals surface area contributed by atoms with Crippen LogP contribution in [0.25, 0.3) is 0 Å². The third-order valence-electron chi connectivity index (χ3n) is 3.86. The van der Waals surface area contributed by atoms with Gasteiger partial charge in [0.15, 0.2) is 0 Å². The molecule has 1 rings (SSSR count). The highest BCUT2D eigenvalue weighted by Gasteiger charge is 2.31. The quantitative estimate of drug-likeness (QED) is 0.316. The Hall–Kier alpha value is -2.70. The lowest BCUT2D eigenvalue weighted by atomic mass is 10.1. The highest BCUT2D eigenvalue weighted by Crippen LogP contribution is 2.16. The molecule has 1 aromatic rings. The molecule has 0 radical (unpaired) electrons. The van der Waals surface area contributed by atoms with Crippen molar-refractivity contribution in [3.05, 3.63) is 35.9 Å². The van der Waals surface area contributed by atoms with Gasteiger partial charge in [-0.15, -0.1) is 0 Å². The van der Waals surface area contributed by atoms with Crippen LogP contribution in [0.5, 0.6) is 0 Å². The van der Waals surface area contributed by atoms with Crippen LogP contribution >= 0.6 is 0 Å². The first kappa shape index (κ1) is 22.3. The van der Waals surface area contributed by atoms with E-state index in [4.69, 9.17) is 9.47 Å². The summed E-state index contributed by atoms with van der Waals surface area (Å²) in [5, 5.41) is 0. The van der Waals surface area contributed by atoms with Crippen LogP contribution in [0.2, 0.25) is 0 Å². The van der Waals surface area contributed by atoms with E-state index in [1.165, 1.54) is 4.90 Å². The maximum Gasteiger partial charge on any atom is 0.328 e. The molecule has 0 aromatic heterocycles. The van der Waals surface area contributed by atoms with Crippen molar-refractivity contribution >= 4 is 24.1 Å². The molecule has 0 aliphatic heterocycles. The molecule has 27 heavy (non-hydrogen) atoms. The van der Waals surface area contributed by atoms with Gasteiger partial charge in [0.1, 0.15) is 12.3 Å². The van der Waals surface area contributed by atoms with E-state index >= 15 is 0 Å². The average Bonchev–Trinajstić information content (AvgIpc) is 2.67. The zero-order chi connectivity index (χ0) is 20.1. The summed E-state index contributed by atoms with van der Waals surface area (Å²) < 4.78 is 10.0. The van der Waals surface area contributed by atoms with Crippen molar-refractivity contribution in [2.24, 2.45) is 0 Å². The first-order chi connectivity index (χ1) is 13.0. The third kappa shape index (κ3) is 7.60. The van der Waals surface area contributed by atoms with Gasteiger partial charge < -0.3 is 19.2 Å². The molecule has 0 saturated carbocycles. The predicted octanol–water partition coefficient (Wildman–Crippen LogP) is 2.38. The van der Waals surface area contributed by atoms with Crippen LogP contribution in [0.3, 0.4) is 0 Å². The number of hydrogen-bond donors (Lipinski definition) is 0. The van der Waals surface area contributed by atoms with E-state index < -0.39 is 18.0 Å². The van der Waals surface area contributed by atoms with Crippen LogP contribution < -0.4 is 0 Å². The smallest absolute Gasteiger partial charge is 0.328 e. The molecular weight excluding hydrogens is 350 g/mol. The van der Waals surface area contributed by atoms with Crippen molar-refractivity contribution in [3.8, 4) is 0 Å². The van der Waals surface area contributed by atoms with Gasteiger partial charge in [0.25, 0.3) is 5.91 Å². The summed E-state index contributed by atoms with van der Waals surface area (Å²) in [5.41, 5.74) is 0.425. The number of benzene rings is 1. The number of rotatable bonds is 12. The molecule has 0 N–H and O–H groups in total. The van der Waals surface area contributed by atoms with E-state index in [1.807, 2.05) is 0 Å². The molecule has 0 heterocycles. The van der Waals surface area contributed by atoms with Crippen molar-refractivity contribution in [1.29, 1.82) is 0 Å². The molecule has 1 atom stereocenters. The minimum Gasteiger partial charge on any atom is -0.466 e. The second-order valence-corrected chi connectivity index (χ2v) is 5.79. The molecule has 1 unspecified atom stereocenters. The topological polar surface area (TPSA) is 90.0 Å². The molecule has 1 aromatic carbocycles. The second kappa shape index (κ2) is 12.6. The van der Waals surface area contributed by atoms with E-state index in [1.54, 1.807) is 44.2 Å². The second-order valence-electron chi connectivity index (χ2n) is 5.79. The number of esters is 2. The number of carbonyl (C=O) groups is 4. The normalized spacial score (nSPS) is 11.3. The van der Waals surface area contributed by atoms with Crippen LogP contribution in [-0.4, -0.2) is 54.8 Å². The summed E-state index contributed by atoms with van der Waals surface area (Å²) in [6.45, 7) is 3.99. The summed E-state index contributed by atoms with van der Waals surface area (Å²) in [5.74, 6) is -1.35. The minimum absolute atomic E-state index is 0.0103. The summed E-state index contributed by atoms with van der Waals surface area (Å²) in [4.78, 5) is 49.2. The Morgan fingerprint density at radius 3 is 2.33 bits per heavy atom. The Labute approximate surface area is 159 Å². The van der Waals surface area contributed by atoms with Gasteiger partial charge in [-0.1, -0.05) is 18.2 Å². The van der Waals surface area contributed by atoms with Crippen molar-refractivity contribution in [2.75, 3.05) is 19.8 Å². The van der Waals surface area contributed by atoms with E-state index in [9.17, 15) is 19.2 Å². The van der Waals surface area contributed by atoms with Crippen molar-refractivity contribution in [3.63, 3.8) is 0 Å². The molecule has 148 valence electrons. The van der Waals surface area contributed by atoms with Crippen LogP contribution in [0.4, 0.5) is 0 Å². The number of carbonyl (C=O) groups excluding carboxylic acids is 4. The van der Waals surface area contributed by atoms with Crippen LogP contribution in [0.15, 0.2) is 30.3 Å². The molecule has 0 bridgehead atoms. The molecule has 7 heteroatoms. The van der Waals surface area contributed by atoms with E-state index in [2.05, 4.69) is 0 Å². The maximum absolute atomic E-state index is 13.0. The average molecular weight is 377 g/mol. The standard InChI is InChI=1S/C20H27NO6/c1-3-26-18(23)13-12-17(20(25)27-4-2)21(14-8-9-15-22)19(24)16-10-6-5-7-11-16/h5-7,10-11,15,17H,3-4,8-9,12-14H2,1-2H3. The number of amides is 1. The fraction of sp³-hybridized carbons (Fsp3) is 0.500. The lowest BCUT2D eigenvalue weighted by Crippen LogP contribution is -2.46. The van der Waals surface area contributed by atoms with Gasteiger partial charge in [0.05, 0.1) is 13.2 Å². The number of hydrogen-bond acceptors (Lipinski definition) is 6. The molecule has 0 saturated heterocycles. The van der Waals surface area contributed by atoms with E-state index in [-0.39, 0.29) is 44.9 Å². The number of unbranched alkanes of at least 4 members (excludes halogenated alkanes) is 1. The molecule has 0 spiro atoms. The highest BCUT2D eigenvalue weighted by molar-refractivity contribution is 5.97. The minimum atomic E-state index is -0.922. The molecule has 0 aliphatic carbocycles. The third-order valence-corrected chi connectivity index (χ3v) is 3.86. The SMILES string of the molecule is CCOC(=O)CCC(C(=O)OCC)N(CCCC=O)C(=O)c1ccccc1. The van der Waals surface area contributed by atoms with Gasteiger partial charge in [0, 0.05) is 24.9 Å². The first-order valence-corrected chi connectivity index (χ1v) is 9.17. The van der Waals surface area contributed by atoms with Gasteiger partial charge in [0.2, 0.25) is 0 Å². The zero-order valence-electron chi connectivity index (χ0n) is 15.9. The monoisotopic (exact) mass is 377 g/mol. The van der Waals surface area contributed by atoms with Crippen molar-refractivity contribution in [1.82, 2.24) is 4.90 Å². The molecule has 1 amide bonds. The van der Waals surface area contributed by atoms with Crippen LogP contribution in [0, 0.1) is 0 Å². The van der Waals surface area contributed by atoms with Gasteiger partial charge in [-0.2, -0.15) is 0 Å². The Morgan fingerprint density at radius 2 is 1.74 bits per heavy atom. The Bertz CT molecular complexity index is 616.